The number of hydrogen-bond acceptors (Lipinski definition) is 6. The first kappa shape index (κ1) is 33.1. The zero-order valence-electron chi connectivity index (χ0n) is 24.6. The second-order valence-corrected chi connectivity index (χ2v) is 11.8. The Hall–Kier alpha value is -4.29. The molecule has 2 aliphatic heterocycles. The highest BCUT2D eigenvalue weighted by Crippen LogP contribution is 2.35. The fourth-order valence-electron chi connectivity index (χ4n) is 6.16. The summed E-state index contributed by atoms with van der Waals surface area (Å²) in [6, 6.07) is 11.7. The molecule has 3 aromatic carbocycles. The Kier molecular flexibility index (Phi) is 10.4. The summed E-state index contributed by atoms with van der Waals surface area (Å²) in [6.07, 6.45) is -0.196. The molecule has 0 radical (unpaired) electrons. The molecule has 0 aliphatic carbocycles. The molecule has 3 N–H and O–H groups in total. The topological polar surface area (TPSA) is 138 Å². The third kappa shape index (κ3) is 7.73. The molecular weight excluding hydrogens is 627 g/mol. The zero-order valence-corrected chi connectivity index (χ0v) is 25.4. The van der Waals surface area contributed by atoms with Crippen molar-refractivity contribution in [2.24, 2.45) is 5.11 Å². The number of hydrogen-bond donors (Lipinski definition) is 3. The van der Waals surface area contributed by atoms with Crippen LogP contribution in [0.25, 0.3) is 0 Å². The van der Waals surface area contributed by atoms with Crippen molar-refractivity contribution in [2.45, 2.75) is 49.3 Å². The molecule has 2 aliphatic rings. The number of carbonyl (C=O) groups is 2. The number of nitrogens with zero attached hydrogens (tertiary/aromatic N) is 3. The summed E-state index contributed by atoms with van der Waals surface area (Å²) in [6.45, 7) is 1.21. The van der Waals surface area contributed by atoms with E-state index in [0.717, 1.165) is 12.1 Å². The van der Waals surface area contributed by atoms with Crippen LogP contribution in [0.1, 0.15) is 41.9 Å². The summed E-state index contributed by atoms with van der Waals surface area (Å²) in [5.41, 5.74) is 7.46. The van der Waals surface area contributed by atoms with Crippen LogP contribution in [-0.4, -0.2) is 66.1 Å². The molecule has 3 atom stereocenters. The lowest BCUT2D eigenvalue weighted by Gasteiger charge is -2.47. The minimum atomic E-state index is -1.49. The van der Waals surface area contributed by atoms with E-state index in [1.54, 1.807) is 24.3 Å². The standard InChI is InChI=1S/C32H31ClF3N5O5/c33-21-6-4-19(5-7-21)28(20-14-22(34)16-23(35)15-20)29(39-40-37)30(42)38-27-3-1-2-26(36)25(27)9-8-24-17-41(31(43)44)18-32(46-24)10-12-45-13-11-32/h1-7,14-16,24,28-29,37H,8-13,17-18H2,(H-,38,42,43,44)/p+1/t24?,28-,29-/m0/s1. The summed E-state index contributed by atoms with van der Waals surface area (Å²) >= 11 is 6.05. The highest BCUT2D eigenvalue weighted by Gasteiger charge is 2.43. The summed E-state index contributed by atoms with van der Waals surface area (Å²) < 4.78 is 55.8. The van der Waals surface area contributed by atoms with Gasteiger partial charge in [-0.3, -0.25) is 4.79 Å². The Balaban J connectivity index is 1.41. The number of carboxylic acid groups (broad SMARTS) is 1. The van der Waals surface area contributed by atoms with Gasteiger partial charge in [-0.1, -0.05) is 29.8 Å². The van der Waals surface area contributed by atoms with E-state index in [1.165, 1.54) is 23.1 Å². The molecule has 1 unspecified atom stereocenters. The van der Waals surface area contributed by atoms with Gasteiger partial charge >= 0.3 is 6.09 Å². The van der Waals surface area contributed by atoms with Crippen molar-refractivity contribution >= 4 is 29.3 Å². The lowest BCUT2D eigenvalue weighted by Crippen LogP contribution is -2.58. The SMILES string of the molecule is N=[N+]=N[C@H](C(=O)Nc1cccc(F)c1CCC1CN(C(=O)O)CC2(CCOCC2)O1)[C@@H](c1ccc(Cl)cc1)c1cc(F)cc(F)c1. The summed E-state index contributed by atoms with van der Waals surface area (Å²) in [7, 11) is 0. The van der Waals surface area contributed by atoms with Crippen LogP contribution in [0, 0.1) is 23.0 Å². The van der Waals surface area contributed by atoms with Crippen LogP contribution in [0.2, 0.25) is 5.02 Å². The van der Waals surface area contributed by atoms with Gasteiger partial charge < -0.3 is 24.8 Å². The molecule has 2 amide bonds. The van der Waals surface area contributed by atoms with E-state index >= 15 is 4.39 Å². The molecular formula is C32H32ClF3N5O5+. The predicted molar refractivity (Wildman–Crippen MR) is 161 cm³/mol. The van der Waals surface area contributed by atoms with Gasteiger partial charge in [0.15, 0.2) is 0 Å². The lowest BCUT2D eigenvalue weighted by atomic mass is 9.84. The first-order valence-electron chi connectivity index (χ1n) is 14.7. The molecule has 2 fully saturated rings. The minimum Gasteiger partial charge on any atom is -0.465 e. The van der Waals surface area contributed by atoms with Gasteiger partial charge in [0.25, 0.3) is 5.91 Å². The van der Waals surface area contributed by atoms with E-state index in [-0.39, 0.29) is 42.7 Å². The van der Waals surface area contributed by atoms with Crippen molar-refractivity contribution in [3.05, 3.63) is 99.8 Å². The number of anilines is 1. The second-order valence-electron chi connectivity index (χ2n) is 11.4. The molecule has 1 spiro atoms. The lowest BCUT2D eigenvalue weighted by molar-refractivity contribution is -0.184. The van der Waals surface area contributed by atoms with Gasteiger partial charge in [-0.25, -0.2) is 18.0 Å². The highest BCUT2D eigenvalue weighted by molar-refractivity contribution is 6.30. The number of benzene rings is 3. The zero-order chi connectivity index (χ0) is 32.8. The molecule has 10 nitrogen and oxygen atoms in total. The quantitative estimate of drug-likeness (QED) is 0.183. The maximum absolute atomic E-state index is 15.3. The number of morpholine rings is 1. The third-order valence-corrected chi connectivity index (χ3v) is 8.58. The molecule has 0 aromatic heterocycles. The van der Waals surface area contributed by atoms with Crippen molar-refractivity contribution in [2.75, 3.05) is 31.6 Å². The minimum absolute atomic E-state index is 0.0614. The summed E-state index contributed by atoms with van der Waals surface area (Å²) in [5, 5.41) is 16.6. The van der Waals surface area contributed by atoms with Crippen LogP contribution in [0.5, 0.6) is 0 Å². The second kappa shape index (κ2) is 14.4. The van der Waals surface area contributed by atoms with Crippen LogP contribution in [0.15, 0.2) is 65.8 Å². The maximum atomic E-state index is 15.3. The average Bonchev–Trinajstić information content (AvgIpc) is 3.01. The molecule has 14 heteroatoms. The van der Waals surface area contributed by atoms with Gasteiger partial charge in [-0.15, -0.1) is 0 Å². The molecule has 46 heavy (non-hydrogen) atoms. The van der Waals surface area contributed by atoms with Gasteiger partial charge in [-0.05, 0) is 60.4 Å². The van der Waals surface area contributed by atoms with Crippen molar-refractivity contribution in [3.8, 4) is 0 Å². The largest absolute Gasteiger partial charge is 0.465 e. The van der Waals surface area contributed by atoms with Gasteiger partial charge in [0.1, 0.15) is 28.1 Å². The van der Waals surface area contributed by atoms with E-state index in [4.69, 9.17) is 26.6 Å². The van der Waals surface area contributed by atoms with E-state index in [9.17, 15) is 23.5 Å². The van der Waals surface area contributed by atoms with Crippen molar-refractivity contribution in [1.82, 2.24) is 9.81 Å². The van der Waals surface area contributed by atoms with Crippen LogP contribution < -0.4 is 10.2 Å². The van der Waals surface area contributed by atoms with E-state index < -0.39 is 53.1 Å². The van der Waals surface area contributed by atoms with Crippen molar-refractivity contribution in [3.63, 3.8) is 0 Å². The number of carbonyl (C=O) groups excluding carboxylic acids is 1. The van der Waals surface area contributed by atoms with Crippen LogP contribution in [0.4, 0.5) is 23.7 Å². The van der Waals surface area contributed by atoms with Crippen LogP contribution in [0.3, 0.4) is 0 Å². The number of ether oxygens (including phenoxy) is 2. The monoisotopic (exact) mass is 658 g/mol. The van der Waals surface area contributed by atoms with Crippen LogP contribution >= 0.6 is 11.6 Å². The molecule has 0 saturated carbocycles. The first-order chi connectivity index (χ1) is 22.1. The van der Waals surface area contributed by atoms with Crippen molar-refractivity contribution in [1.29, 1.82) is 5.53 Å². The number of amides is 2. The van der Waals surface area contributed by atoms with E-state index in [0.29, 0.717) is 42.7 Å². The van der Waals surface area contributed by atoms with Gasteiger partial charge in [0.2, 0.25) is 11.0 Å². The Bertz CT molecular complexity index is 1610. The number of nitrogens with one attached hydrogen (secondary N) is 2. The fourth-order valence-corrected chi connectivity index (χ4v) is 6.28. The molecule has 0 bridgehead atoms. The Morgan fingerprint density at radius 1 is 1.09 bits per heavy atom. The summed E-state index contributed by atoms with van der Waals surface area (Å²) in [5.74, 6) is -4.26. The van der Waals surface area contributed by atoms with Crippen LogP contribution in [-0.2, 0) is 20.7 Å². The smallest absolute Gasteiger partial charge is 0.407 e. The maximum Gasteiger partial charge on any atom is 0.407 e. The van der Waals surface area contributed by atoms with E-state index in [2.05, 4.69) is 15.3 Å². The highest BCUT2D eigenvalue weighted by atomic mass is 35.5. The molecule has 242 valence electrons. The molecule has 3 aromatic rings. The van der Waals surface area contributed by atoms with Crippen molar-refractivity contribution < 1.29 is 37.3 Å². The van der Waals surface area contributed by atoms with Gasteiger partial charge in [0, 0.05) is 54.3 Å². The fraction of sp³-hybridized carbons (Fsp3) is 0.375. The summed E-state index contributed by atoms with van der Waals surface area (Å²) in [4.78, 5) is 30.1. The number of rotatable bonds is 9. The molecule has 2 heterocycles. The van der Waals surface area contributed by atoms with Gasteiger partial charge in [0.05, 0.1) is 24.8 Å². The van der Waals surface area contributed by atoms with Gasteiger partial charge in [-0.2, -0.15) is 0 Å². The predicted octanol–water partition coefficient (Wildman–Crippen LogP) is 6.31. The number of halogens is 4. The Morgan fingerprint density at radius 3 is 2.43 bits per heavy atom. The average molecular weight is 659 g/mol. The third-order valence-electron chi connectivity index (χ3n) is 8.33. The Labute approximate surface area is 267 Å². The first-order valence-corrected chi connectivity index (χ1v) is 15.0. The molecule has 2 saturated heterocycles. The molecule has 5 rings (SSSR count). The Morgan fingerprint density at radius 2 is 1.78 bits per heavy atom. The normalized spacial score (nSPS) is 18.8. The van der Waals surface area contributed by atoms with E-state index in [1.807, 2.05) is 0 Å².